The summed E-state index contributed by atoms with van der Waals surface area (Å²) in [4.78, 5) is 10.2. The van der Waals surface area contributed by atoms with Crippen molar-refractivity contribution in [3.63, 3.8) is 0 Å². The van der Waals surface area contributed by atoms with Gasteiger partial charge in [-0.15, -0.1) is 0 Å². The number of aliphatic hydroxyl groups excluding tert-OH is 1. The average Bonchev–Trinajstić information content (AvgIpc) is 2.28. The molecule has 1 rings (SSSR count). The minimum absolute atomic E-state index is 0.0484. The van der Waals surface area contributed by atoms with Crippen LogP contribution in [0.2, 0.25) is 0 Å². The number of rotatable bonds is 4. The van der Waals surface area contributed by atoms with E-state index in [1.807, 2.05) is 0 Å². The van der Waals surface area contributed by atoms with E-state index in [0.29, 0.717) is 12.2 Å². The summed E-state index contributed by atoms with van der Waals surface area (Å²) < 4.78 is 4.96. The van der Waals surface area contributed by atoms with E-state index >= 15 is 0 Å². The molecule has 0 saturated carbocycles. The van der Waals surface area contributed by atoms with E-state index in [4.69, 9.17) is 14.9 Å². The summed E-state index contributed by atoms with van der Waals surface area (Å²) in [5, 5.41) is 16.9. The zero-order chi connectivity index (χ0) is 11.8. The number of hydrogen-bond acceptors (Lipinski definition) is 3. The fourth-order valence-electron chi connectivity index (χ4n) is 1.00. The first-order valence-electron chi connectivity index (χ1n) is 4.77. The Balaban J connectivity index is 2.55. The van der Waals surface area contributed by atoms with Gasteiger partial charge in [-0.05, 0) is 24.3 Å². The molecule has 2 N–H and O–H groups in total. The number of benzene rings is 1. The molecule has 0 fully saturated rings. The first-order valence-corrected chi connectivity index (χ1v) is 4.77. The SMILES string of the molecule is O=C(O)COc1ccc(C#CCCO)cc1. The molecule has 16 heavy (non-hydrogen) atoms. The summed E-state index contributed by atoms with van der Waals surface area (Å²) in [6, 6.07) is 6.79. The Kier molecular flexibility index (Phi) is 4.90. The maximum atomic E-state index is 10.2. The van der Waals surface area contributed by atoms with Crippen molar-refractivity contribution in [2.75, 3.05) is 13.2 Å². The van der Waals surface area contributed by atoms with Crippen LogP contribution in [0.5, 0.6) is 5.75 Å². The van der Waals surface area contributed by atoms with Crippen molar-refractivity contribution in [1.82, 2.24) is 0 Å². The molecule has 0 aliphatic rings. The average molecular weight is 220 g/mol. The second-order valence-electron chi connectivity index (χ2n) is 2.98. The molecule has 0 radical (unpaired) electrons. The van der Waals surface area contributed by atoms with Gasteiger partial charge in [-0.25, -0.2) is 4.79 Å². The molecule has 0 heterocycles. The highest BCUT2D eigenvalue weighted by Gasteiger charge is 1.98. The fourth-order valence-corrected chi connectivity index (χ4v) is 1.00. The van der Waals surface area contributed by atoms with Crippen molar-refractivity contribution in [1.29, 1.82) is 0 Å². The maximum Gasteiger partial charge on any atom is 0.341 e. The van der Waals surface area contributed by atoms with Crippen molar-refractivity contribution in [3.05, 3.63) is 29.8 Å². The van der Waals surface area contributed by atoms with Crippen LogP contribution in [0, 0.1) is 11.8 Å². The Morgan fingerprint density at radius 2 is 2.00 bits per heavy atom. The second-order valence-corrected chi connectivity index (χ2v) is 2.98. The van der Waals surface area contributed by atoms with E-state index in [-0.39, 0.29) is 13.2 Å². The molecule has 0 saturated heterocycles. The van der Waals surface area contributed by atoms with E-state index in [2.05, 4.69) is 11.8 Å². The van der Waals surface area contributed by atoms with Gasteiger partial charge in [0.15, 0.2) is 6.61 Å². The topological polar surface area (TPSA) is 66.8 Å². The van der Waals surface area contributed by atoms with Gasteiger partial charge in [-0.3, -0.25) is 0 Å². The first kappa shape index (κ1) is 12.1. The van der Waals surface area contributed by atoms with Gasteiger partial charge in [0.1, 0.15) is 5.75 Å². The number of carboxylic acids is 1. The quantitative estimate of drug-likeness (QED) is 0.739. The molecule has 0 amide bonds. The van der Waals surface area contributed by atoms with Gasteiger partial charge < -0.3 is 14.9 Å². The smallest absolute Gasteiger partial charge is 0.341 e. The van der Waals surface area contributed by atoms with Crippen LogP contribution < -0.4 is 4.74 Å². The third-order valence-corrected chi connectivity index (χ3v) is 1.69. The summed E-state index contributed by atoms with van der Waals surface area (Å²) in [7, 11) is 0. The second kappa shape index (κ2) is 6.49. The van der Waals surface area contributed by atoms with Crippen LogP contribution in [0.3, 0.4) is 0 Å². The molecule has 0 aliphatic carbocycles. The van der Waals surface area contributed by atoms with Crippen LogP contribution in [-0.4, -0.2) is 29.4 Å². The lowest BCUT2D eigenvalue weighted by molar-refractivity contribution is -0.139. The summed E-state index contributed by atoms with van der Waals surface area (Å²) in [6.07, 6.45) is 0.442. The van der Waals surface area contributed by atoms with E-state index < -0.39 is 5.97 Å². The normalized spacial score (nSPS) is 9.06. The number of hydrogen-bond donors (Lipinski definition) is 2. The van der Waals surface area contributed by atoms with Crippen molar-refractivity contribution in [3.8, 4) is 17.6 Å². The van der Waals surface area contributed by atoms with Crippen molar-refractivity contribution in [2.45, 2.75) is 6.42 Å². The Morgan fingerprint density at radius 3 is 2.56 bits per heavy atom. The number of carbonyl (C=O) groups is 1. The van der Waals surface area contributed by atoms with E-state index in [9.17, 15) is 4.79 Å². The molecule has 0 spiro atoms. The highest BCUT2D eigenvalue weighted by Crippen LogP contribution is 2.11. The Labute approximate surface area is 93.5 Å². The summed E-state index contributed by atoms with van der Waals surface area (Å²) in [5.41, 5.74) is 0.802. The monoisotopic (exact) mass is 220 g/mol. The minimum Gasteiger partial charge on any atom is -0.482 e. The third-order valence-electron chi connectivity index (χ3n) is 1.69. The summed E-state index contributed by atoms with van der Waals surface area (Å²) in [6.45, 7) is -0.303. The Hall–Kier alpha value is -1.99. The van der Waals surface area contributed by atoms with Crippen molar-refractivity contribution in [2.24, 2.45) is 0 Å². The number of aliphatic carboxylic acids is 1. The predicted octanol–water partition coefficient (Wildman–Crippen LogP) is 0.884. The van der Waals surface area contributed by atoms with Crippen LogP contribution in [0.25, 0.3) is 0 Å². The van der Waals surface area contributed by atoms with E-state index in [0.717, 1.165) is 5.56 Å². The van der Waals surface area contributed by atoms with Crippen LogP contribution in [0.1, 0.15) is 12.0 Å². The molecule has 1 aromatic carbocycles. The standard InChI is InChI=1S/C12H12O4/c13-8-2-1-3-10-4-6-11(7-5-10)16-9-12(14)15/h4-7,13H,2,8-9H2,(H,14,15). The predicted molar refractivity (Wildman–Crippen MR) is 58.2 cm³/mol. The van der Waals surface area contributed by atoms with Crippen molar-refractivity contribution >= 4 is 5.97 Å². The molecule has 0 atom stereocenters. The van der Waals surface area contributed by atoms with Crippen molar-refractivity contribution < 1.29 is 19.7 Å². The van der Waals surface area contributed by atoms with Gasteiger partial charge in [0.2, 0.25) is 0 Å². The van der Waals surface area contributed by atoms with Gasteiger partial charge in [0, 0.05) is 12.0 Å². The lowest BCUT2D eigenvalue weighted by Crippen LogP contribution is -2.09. The maximum absolute atomic E-state index is 10.2. The minimum atomic E-state index is -1.01. The zero-order valence-electron chi connectivity index (χ0n) is 8.64. The molecular weight excluding hydrogens is 208 g/mol. The molecular formula is C12H12O4. The molecule has 0 aliphatic heterocycles. The largest absolute Gasteiger partial charge is 0.482 e. The molecule has 1 aromatic rings. The lowest BCUT2D eigenvalue weighted by atomic mass is 10.2. The van der Waals surface area contributed by atoms with Crippen LogP contribution in [0.4, 0.5) is 0 Å². The number of carboxylic acid groups (broad SMARTS) is 1. The molecule has 4 heteroatoms. The molecule has 0 unspecified atom stereocenters. The van der Waals surface area contributed by atoms with E-state index in [1.165, 1.54) is 0 Å². The van der Waals surface area contributed by atoms with Crippen LogP contribution >= 0.6 is 0 Å². The van der Waals surface area contributed by atoms with E-state index in [1.54, 1.807) is 24.3 Å². The molecule has 0 bridgehead atoms. The Bertz CT molecular complexity index is 397. The molecule has 84 valence electrons. The molecule has 0 aromatic heterocycles. The van der Waals surface area contributed by atoms with Gasteiger partial charge in [-0.1, -0.05) is 11.8 Å². The fraction of sp³-hybridized carbons (Fsp3) is 0.250. The summed E-state index contributed by atoms with van der Waals surface area (Å²) in [5.74, 6) is 5.13. The van der Waals surface area contributed by atoms with Gasteiger partial charge in [0.25, 0.3) is 0 Å². The van der Waals surface area contributed by atoms with Crippen LogP contribution in [-0.2, 0) is 4.79 Å². The number of aliphatic hydroxyl groups is 1. The molecule has 4 nitrogen and oxygen atoms in total. The number of ether oxygens (including phenoxy) is 1. The lowest BCUT2D eigenvalue weighted by Gasteiger charge is -2.01. The van der Waals surface area contributed by atoms with Gasteiger partial charge in [-0.2, -0.15) is 0 Å². The summed E-state index contributed by atoms with van der Waals surface area (Å²) >= 11 is 0. The zero-order valence-corrected chi connectivity index (χ0v) is 8.64. The van der Waals surface area contributed by atoms with Gasteiger partial charge in [0.05, 0.1) is 6.61 Å². The third kappa shape index (κ3) is 4.49. The Morgan fingerprint density at radius 1 is 1.31 bits per heavy atom. The first-order chi connectivity index (χ1) is 7.72. The highest BCUT2D eigenvalue weighted by atomic mass is 16.5. The van der Waals surface area contributed by atoms with Crippen LogP contribution in [0.15, 0.2) is 24.3 Å². The highest BCUT2D eigenvalue weighted by molar-refractivity contribution is 5.68. The van der Waals surface area contributed by atoms with Gasteiger partial charge >= 0.3 is 5.97 Å².